The zero-order chi connectivity index (χ0) is 27.4. The predicted molar refractivity (Wildman–Crippen MR) is 151 cm³/mol. The number of rotatable bonds is 10. The molecule has 40 heavy (non-hydrogen) atoms. The minimum Gasteiger partial charge on any atom is -0.382 e. The average molecular weight is 537 g/mol. The highest BCUT2D eigenvalue weighted by Gasteiger charge is 2.58. The summed E-state index contributed by atoms with van der Waals surface area (Å²) in [5.41, 5.74) is 10.3. The summed E-state index contributed by atoms with van der Waals surface area (Å²) >= 11 is 0. The Kier molecular flexibility index (Phi) is 7.57. The third-order valence-corrected chi connectivity index (χ3v) is 7.35. The molecule has 0 amide bonds. The Morgan fingerprint density at radius 3 is 2.05 bits per heavy atom. The van der Waals surface area contributed by atoms with Crippen LogP contribution in [-0.4, -0.2) is 38.0 Å². The number of nitrogens with zero attached hydrogens (tertiary/aromatic N) is 3. The van der Waals surface area contributed by atoms with Gasteiger partial charge >= 0.3 is 0 Å². The Balaban J connectivity index is 1.37. The first-order valence-electron chi connectivity index (χ1n) is 13.5. The fourth-order valence-electron chi connectivity index (χ4n) is 5.32. The van der Waals surface area contributed by atoms with Crippen LogP contribution in [0.2, 0.25) is 0 Å². The van der Waals surface area contributed by atoms with E-state index in [0.717, 1.165) is 17.5 Å². The van der Waals surface area contributed by atoms with Crippen molar-refractivity contribution in [2.24, 2.45) is 0 Å². The molecule has 1 aliphatic heterocycles. The zero-order valence-electron chi connectivity index (χ0n) is 22.0. The van der Waals surface area contributed by atoms with Crippen molar-refractivity contribution in [1.82, 2.24) is 14.6 Å². The monoisotopic (exact) mass is 536 g/mol. The molecule has 0 spiro atoms. The van der Waals surface area contributed by atoms with Gasteiger partial charge in [0.1, 0.15) is 29.7 Å². The van der Waals surface area contributed by atoms with E-state index in [4.69, 9.17) is 19.9 Å². The molecule has 204 valence electrons. The minimum absolute atomic E-state index is 0.272. The van der Waals surface area contributed by atoms with Crippen molar-refractivity contribution in [2.45, 2.75) is 50.2 Å². The van der Waals surface area contributed by atoms with Gasteiger partial charge in [-0.3, -0.25) is 0 Å². The van der Waals surface area contributed by atoms with Crippen molar-refractivity contribution < 1.29 is 19.3 Å². The third kappa shape index (κ3) is 5.35. The van der Waals surface area contributed by atoms with Gasteiger partial charge in [-0.15, -0.1) is 0 Å². The first-order chi connectivity index (χ1) is 19.6. The maximum absolute atomic E-state index is 12.4. The SMILES string of the molecule is Nc1ncnn2c([C@]3(O)O[C@H](CCc4ccccc4)[C@@H](OCc4ccccc4)[C@H]3OCc3ccccc3)ccc12. The number of anilines is 1. The Hall–Kier alpha value is -4.08. The van der Waals surface area contributed by atoms with Gasteiger partial charge in [0.2, 0.25) is 5.79 Å². The van der Waals surface area contributed by atoms with Crippen molar-refractivity contribution in [3.05, 3.63) is 132 Å². The number of nitrogen functional groups attached to an aromatic ring is 1. The molecular weight excluding hydrogens is 504 g/mol. The molecular formula is C32H32N4O4. The molecule has 1 saturated heterocycles. The van der Waals surface area contributed by atoms with Crippen molar-refractivity contribution in [3.63, 3.8) is 0 Å². The fraction of sp³-hybridized carbons (Fsp3) is 0.250. The zero-order valence-corrected chi connectivity index (χ0v) is 22.0. The highest BCUT2D eigenvalue weighted by molar-refractivity contribution is 5.65. The largest absolute Gasteiger partial charge is 0.382 e. The van der Waals surface area contributed by atoms with Gasteiger partial charge in [-0.05, 0) is 41.7 Å². The van der Waals surface area contributed by atoms with Crippen molar-refractivity contribution >= 4 is 11.3 Å². The number of nitrogens with two attached hydrogens (primary N) is 1. The van der Waals surface area contributed by atoms with E-state index in [-0.39, 0.29) is 6.61 Å². The number of hydrogen-bond donors (Lipinski definition) is 2. The molecule has 0 aliphatic carbocycles. The van der Waals surface area contributed by atoms with E-state index >= 15 is 0 Å². The molecule has 0 bridgehead atoms. The van der Waals surface area contributed by atoms with Crippen LogP contribution in [0.15, 0.2) is 109 Å². The Morgan fingerprint density at radius 1 is 0.800 bits per heavy atom. The van der Waals surface area contributed by atoms with Gasteiger partial charge < -0.3 is 25.1 Å². The normalized spacial score (nSPS) is 22.6. The van der Waals surface area contributed by atoms with Gasteiger partial charge in [-0.25, -0.2) is 9.50 Å². The van der Waals surface area contributed by atoms with Crippen LogP contribution in [0.3, 0.4) is 0 Å². The number of aliphatic hydroxyl groups is 1. The quantitative estimate of drug-likeness (QED) is 0.268. The summed E-state index contributed by atoms with van der Waals surface area (Å²) in [5.74, 6) is -1.55. The summed E-state index contributed by atoms with van der Waals surface area (Å²) in [6, 6.07) is 33.6. The molecule has 5 aromatic rings. The van der Waals surface area contributed by atoms with Crippen molar-refractivity contribution in [3.8, 4) is 0 Å². The van der Waals surface area contributed by atoms with Crippen LogP contribution in [0.1, 0.15) is 28.8 Å². The second kappa shape index (κ2) is 11.6. The molecule has 4 atom stereocenters. The van der Waals surface area contributed by atoms with E-state index < -0.39 is 24.1 Å². The summed E-state index contributed by atoms with van der Waals surface area (Å²) in [6.07, 6.45) is 0.855. The van der Waals surface area contributed by atoms with Crippen LogP contribution in [0.25, 0.3) is 5.52 Å². The lowest BCUT2D eigenvalue weighted by Crippen LogP contribution is -2.44. The maximum atomic E-state index is 12.4. The first-order valence-corrected chi connectivity index (χ1v) is 13.5. The van der Waals surface area contributed by atoms with Crippen LogP contribution in [0.5, 0.6) is 0 Å². The Labute approximate surface area is 233 Å². The van der Waals surface area contributed by atoms with Gasteiger partial charge in [-0.2, -0.15) is 5.10 Å². The molecule has 3 N–H and O–H groups in total. The molecule has 0 unspecified atom stereocenters. The molecule has 8 nitrogen and oxygen atoms in total. The van der Waals surface area contributed by atoms with E-state index in [1.807, 2.05) is 78.9 Å². The van der Waals surface area contributed by atoms with Gasteiger partial charge in [0.15, 0.2) is 5.82 Å². The number of benzene rings is 3. The van der Waals surface area contributed by atoms with Crippen LogP contribution < -0.4 is 5.73 Å². The number of hydrogen-bond acceptors (Lipinski definition) is 7. The van der Waals surface area contributed by atoms with E-state index in [1.165, 1.54) is 11.9 Å². The van der Waals surface area contributed by atoms with Crippen LogP contribution in [0, 0.1) is 0 Å². The van der Waals surface area contributed by atoms with Gasteiger partial charge in [0.25, 0.3) is 0 Å². The van der Waals surface area contributed by atoms with E-state index in [1.54, 1.807) is 16.6 Å². The third-order valence-electron chi connectivity index (χ3n) is 7.35. The number of aryl methyl sites for hydroxylation is 1. The minimum atomic E-state index is -1.86. The van der Waals surface area contributed by atoms with Gasteiger partial charge in [0.05, 0.1) is 19.3 Å². The summed E-state index contributed by atoms with van der Waals surface area (Å²) in [6.45, 7) is 0.621. The maximum Gasteiger partial charge on any atom is 0.240 e. The highest BCUT2D eigenvalue weighted by atomic mass is 16.7. The molecule has 1 aliphatic rings. The van der Waals surface area contributed by atoms with E-state index in [0.29, 0.717) is 30.1 Å². The lowest BCUT2D eigenvalue weighted by atomic mass is 9.98. The van der Waals surface area contributed by atoms with Gasteiger partial charge in [-0.1, -0.05) is 91.0 Å². The van der Waals surface area contributed by atoms with E-state index in [2.05, 4.69) is 22.2 Å². The number of ether oxygens (including phenoxy) is 3. The standard InChI is InChI=1S/C32H32N4O4/c33-31-26-17-19-28(36(26)35-22-34-31)32(37)30(39-21-25-14-8-3-9-15-25)29(38-20-24-12-6-2-7-13-24)27(40-32)18-16-23-10-4-1-5-11-23/h1-15,17,19,22,27,29-30,37H,16,18,20-21H2,(H2,33,34,35)/t27-,29-,30-,32+/m1/s1. The molecule has 8 heteroatoms. The first kappa shape index (κ1) is 26.2. The lowest BCUT2D eigenvalue weighted by Gasteiger charge is -2.30. The topological polar surface area (TPSA) is 104 Å². The Bertz CT molecular complexity index is 1530. The number of fused-ring (bicyclic) bond motifs is 1. The molecule has 3 aromatic carbocycles. The summed E-state index contributed by atoms with van der Waals surface area (Å²) in [7, 11) is 0. The van der Waals surface area contributed by atoms with Crippen LogP contribution in [-0.2, 0) is 39.6 Å². The molecule has 6 rings (SSSR count). The number of aromatic nitrogens is 3. The lowest BCUT2D eigenvalue weighted by molar-refractivity contribution is -0.253. The van der Waals surface area contributed by atoms with Crippen molar-refractivity contribution in [2.75, 3.05) is 5.73 Å². The molecule has 0 radical (unpaired) electrons. The second-order valence-electron chi connectivity index (χ2n) is 10.0. The predicted octanol–water partition coefficient (Wildman–Crippen LogP) is 4.66. The molecule has 3 heterocycles. The van der Waals surface area contributed by atoms with Crippen LogP contribution >= 0.6 is 0 Å². The second-order valence-corrected chi connectivity index (χ2v) is 10.0. The molecule has 1 fully saturated rings. The smallest absolute Gasteiger partial charge is 0.240 e. The average Bonchev–Trinajstić information content (AvgIpc) is 3.56. The van der Waals surface area contributed by atoms with Gasteiger partial charge in [0, 0.05) is 0 Å². The van der Waals surface area contributed by atoms with Crippen molar-refractivity contribution in [1.29, 1.82) is 0 Å². The molecule has 0 saturated carbocycles. The summed E-state index contributed by atoms with van der Waals surface area (Å²) < 4.78 is 21.2. The van der Waals surface area contributed by atoms with Crippen LogP contribution in [0.4, 0.5) is 5.82 Å². The highest BCUT2D eigenvalue weighted by Crippen LogP contribution is 2.43. The Morgan fingerprint density at radius 2 is 1.40 bits per heavy atom. The fourth-order valence-corrected chi connectivity index (χ4v) is 5.32. The van der Waals surface area contributed by atoms with E-state index in [9.17, 15) is 5.11 Å². The molecule has 2 aromatic heterocycles. The summed E-state index contributed by atoms with van der Waals surface area (Å²) in [4.78, 5) is 4.09. The summed E-state index contributed by atoms with van der Waals surface area (Å²) in [5, 5.41) is 16.7.